The van der Waals surface area contributed by atoms with Gasteiger partial charge < -0.3 is 9.47 Å². The number of ether oxygens (including phenoxy) is 2. The Hall–Kier alpha value is -1.32. The molecule has 0 aliphatic carbocycles. The molecule has 1 rings (SSSR count). The van der Waals surface area contributed by atoms with Crippen LogP contribution in [-0.4, -0.2) is 25.7 Å². The van der Waals surface area contributed by atoms with E-state index in [4.69, 9.17) is 4.74 Å². The first-order valence-corrected chi connectivity index (χ1v) is 4.59. The summed E-state index contributed by atoms with van der Waals surface area (Å²) in [6.07, 6.45) is 2.65. The summed E-state index contributed by atoms with van der Waals surface area (Å²) in [6.45, 7) is 2.16. The highest BCUT2D eigenvalue weighted by molar-refractivity contribution is 5.90. The molecule has 4 heteroatoms. The van der Waals surface area contributed by atoms with E-state index in [1.807, 2.05) is 0 Å². The third-order valence-electron chi connectivity index (χ3n) is 2.33. The SMILES string of the molecule is C/C=C1/C(=O)OCC[C@H]1CC(=O)OC. The molecule has 0 aromatic carbocycles. The molecule has 0 amide bonds. The summed E-state index contributed by atoms with van der Waals surface area (Å²) in [5.74, 6) is -0.648. The molecule has 1 heterocycles. The largest absolute Gasteiger partial charge is 0.469 e. The van der Waals surface area contributed by atoms with Gasteiger partial charge in [-0.3, -0.25) is 4.79 Å². The maximum atomic E-state index is 11.3. The van der Waals surface area contributed by atoms with Gasteiger partial charge in [-0.1, -0.05) is 6.08 Å². The van der Waals surface area contributed by atoms with E-state index in [9.17, 15) is 9.59 Å². The fraction of sp³-hybridized carbons (Fsp3) is 0.600. The molecule has 1 aliphatic rings. The van der Waals surface area contributed by atoms with Crippen molar-refractivity contribution < 1.29 is 19.1 Å². The number of rotatable bonds is 2. The normalized spacial score (nSPS) is 24.6. The molecule has 4 nitrogen and oxygen atoms in total. The zero-order valence-electron chi connectivity index (χ0n) is 8.41. The van der Waals surface area contributed by atoms with Gasteiger partial charge in [-0.2, -0.15) is 0 Å². The van der Waals surface area contributed by atoms with Gasteiger partial charge in [0.05, 0.1) is 20.1 Å². The Bertz CT molecular complexity index is 267. The van der Waals surface area contributed by atoms with Crippen molar-refractivity contribution in [1.82, 2.24) is 0 Å². The lowest BCUT2D eigenvalue weighted by atomic mass is 9.90. The third-order valence-corrected chi connectivity index (χ3v) is 2.33. The molecular formula is C10H14O4. The molecule has 0 bridgehead atoms. The van der Waals surface area contributed by atoms with Crippen LogP contribution in [0.2, 0.25) is 0 Å². The Morgan fingerprint density at radius 3 is 3.00 bits per heavy atom. The second-order valence-corrected chi connectivity index (χ2v) is 3.15. The number of carbonyl (C=O) groups excluding carboxylic acids is 2. The first kappa shape index (κ1) is 10.8. The summed E-state index contributed by atoms with van der Waals surface area (Å²) in [6, 6.07) is 0. The second-order valence-electron chi connectivity index (χ2n) is 3.15. The summed E-state index contributed by atoms with van der Waals surface area (Å²) < 4.78 is 9.43. The van der Waals surface area contributed by atoms with Gasteiger partial charge in [0.25, 0.3) is 0 Å². The third kappa shape index (κ3) is 2.34. The Morgan fingerprint density at radius 1 is 1.71 bits per heavy atom. The van der Waals surface area contributed by atoms with Crippen molar-refractivity contribution in [3.05, 3.63) is 11.6 Å². The topological polar surface area (TPSA) is 52.6 Å². The molecule has 1 atom stereocenters. The van der Waals surface area contributed by atoms with Crippen molar-refractivity contribution in [3.63, 3.8) is 0 Å². The van der Waals surface area contributed by atoms with Gasteiger partial charge in [0.1, 0.15) is 0 Å². The maximum absolute atomic E-state index is 11.3. The maximum Gasteiger partial charge on any atom is 0.333 e. The molecule has 1 fully saturated rings. The molecule has 0 unspecified atom stereocenters. The lowest BCUT2D eigenvalue weighted by Crippen LogP contribution is -2.26. The highest BCUT2D eigenvalue weighted by Gasteiger charge is 2.28. The molecule has 0 radical (unpaired) electrons. The van der Waals surface area contributed by atoms with Gasteiger partial charge in [-0.25, -0.2) is 4.79 Å². The van der Waals surface area contributed by atoms with Crippen molar-refractivity contribution in [2.75, 3.05) is 13.7 Å². The van der Waals surface area contributed by atoms with Crippen LogP contribution in [0, 0.1) is 5.92 Å². The molecular weight excluding hydrogens is 184 g/mol. The van der Waals surface area contributed by atoms with E-state index in [0.717, 1.165) is 0 Å². The van der Waals surface area contributed by atoms with Gasteiger partial charge in [0.2, 0.25) is 0 Å². The van der Waals surface area contributed by atoms with Crippen LogP contribution in [0.1, 0.15) is 19.8 Å². The van der Waals surface area contributed by atoms with E-state index in [1.165, 1.54) is 7.11 Å². The first-order valence-electron chi connectivity index (χ1n) is 4.59. The van der Waals surface area contributed by atoms with Crippen LogP contribution in [0.15, 0.2) is 11.6 Å². The van der Waals surface area contributed by atoms with E-state index in [2.05, 4.69) is 4.74 Å². The smallest absolute Gasteiger partial charge is 0.333 e. The number of methoxy groups -OCH3 is 1. The minimum absolute atomic E-state index is 0.0475. The molecule has 0 spiro atoms. The van der Waals surface area contributed by atoms with Gasteiger partial charge in [0, 0.05) is 11.5 Å². The van der Waals surface area contributed by atoms with Gasteiger partial charge in [0.15, 0.2) is 0 Å². The second kappa shape index (κ2) is 4.79. The summed E-state index contributed by atoms with van der Waals surface area (Å²) in [7, 11) is 1.35. The highest BCUT2D eigenvalue weighted by Crippen LogP contribution is 2.25. The van der Waals surface area contributed by atoms with Crippen molar-refractivity contribution in [1.29, 1.82) is 0 Å². The first-order chi connectivity index (χ1) is 6.69. The monoisotopic (exact) mass is 198 g/mol. The predicted molar refractivity (Wildman–Crippen MR) is 49.5 cm³/mol. The minimum atomic E-state index is -0.312. The predicted octanol–water partition coefficient (Wildman–Crippen LogP) is 1.06. The Balaban J connectivity index is 2.66. The van der Waals surface area contributed by atoms with Crippen molar-refractivity contribution in [3.8, 4) is 0 Å². The summed E-state index contributed by atoms with van der Waals surface area (Å²) in [4.78, 5) is 22.3. The molecule has 1 aliphatic heterocycles. The summed E-state index contributed by atoms with van der Waals surface area (Å²) in [5, 5.41) is 0. The van der Waals surface area contributed by atoms with E-state index in [1.54, 1.807) is 13.0 Å². The van der Waals surface area contributed by atoms with Gasteiger partial charge >= 0.3 is 11.9 Å². The summed E-state index contributed by atoms with van der Waals surface area (Å²) in [5.41, 5.74) is 0.585. The average molecular weight is 198 g/mol. The fourth-order valence-corrected chi connectivity index (χ4v) is 1.55. The summed E-state index contributed by atoms with van der Waals surface area (Å²) >= 11 is 0. The Labute approximate surface area is 82.9 Å². The quantitative estimate of drug-likeness (QED) is 0.491. The van der Waals surface area contributed by atoms with E-state index in [0.29, 0.717) is 18.6 Å². The fourth-order valence-electron chi connectivity index (χ4n) is 1.55. The van der Waals surface area contributed by atoms with Crippen LogP contribution in [0.4, 0.5) is 0 Å². The Morgan fingerprint density at radius 2 is 2.43 bits per heavy atom. The zero-order valence-corrected chi connectivity index (χ0v) is 8.41. The molecule has 0 N–H and O–H groups in total. The van der Waals surface area contributed by atoms with E-state index >= 15 is 0 Å². The van der Waals surface area contributed by atoms with Crippen LogP contribution < -0.4 is 0 Å². The van der Waals surface area contributed by atoms with Crippen molar-refractivity contribution >= 4 is 11.9 Å². The van der Waals surface area contributed by atoms with Crippen molar-refractivity contribution in [2.24, 2.45) is 5.92 Å². The van der Waals surface area contributed by atoms with Gasteiger partial charge in [-0.05, 0) is 13.3 Å². The number of allylic oxidation sites excluding steroid dienone is 1. The van der Waals surface area contributed by atoms with Crippen LogP contribution >= 0.6 is 0 Å². The van der Waals surface area contributed by atoms with Crippen LogP contribution in [-0.2, 0) is 19.1 Å². The molecule has 0 saturated carbocycles. The lowest BCUT2D eigenvalue weighted by molar-refractivity contribution is -0.145. The van der Waals surface area contributed by atoms with Crippen LogP contribution in [0.3, 0.4) is 0 Å². The number of hydrogen-bond donors (Lipinski definition) is 0. The average Bonchev–Trinajstić information content (AvgIpc) is 2.18. The molecule has 78 valence electrons. The highest BCUT2D eigenvalue weighted by atomic mass is 16.5. The van der Waals surface area contributed by atoms with E-state index in [-0.39, 0.29) is 24.3 Å². The van der Waals surface area contributed by atoms with Crippen LogP contribution in [0.5, 0.6) is 0 Å². The molecule has 0 aromatic rings. The molecule has 14 heavy (non-hydrogen) atoms. The number of hydrogen-bond acceptors (Lipinski definition) is 4. The number of esters is 2. The zero-order chi connectivity index (χ0) is 10.6. The lowest BCUT2D eigenvalue weighted by Gasteiger charge is -2.23. The molecule has 0 aromatic heterocycles. The Kier molecular flexibility index (Phi) is 3.68. The molecule has 1 saturated heterocycles. The number of carbonyl (C=O) groups is 2. The standard InChI is InChI=1S/C10H14O4/c1-3-8-7(6-9(11)13-2)4-5-14-10(8)12/h3,7H,4-6H2,1-2H3/b8-3+/t7-/m0/s1. The minimum Gasteiger partial charge on any atom is -0.469 e. The number of cyclic esters (lactones) is 1. The van der Waals surface area contributed by atoms with E-state index < -0.39 is 0 Å². The van der Waals surface area contributed by atoms with Crippen LogP contribution in [0.25, 0.3) is 0 Å². The van der Waals surface area contributed by atoms with Gasteiger partial charge in [-0.15, -0.1) is 0 Å². The van der Waals surface area contributed by atoms with Crippen molar-refractivity contribution in [2.45, 2.75) is 19.8 Å².